The van der Waals surface area contributed by atoms with Crippen molar-refractivity contribution in [3.8, 4) is 0 Å². The molecule has 3 heteroatoms. The van der Waals surface area contributed by atoms with Crippen LogP contribution in [0.2, 0.25) is 0 Å². The summed E-state index contributed by atoms with van der Waals surface area (Å²) in [5.74, 6) is 1.71. The second-order valence-electron chi connectivity index (χ2n) is 7.47. The molecule has 5 rings (SSSR count). The zero-order chi connectivity index (χ0) is 18.5. The maximum atomic E-state index is 4.80. The third-order valence-corrected chi connectivity index (χ3v) is 6.00. The van der Waals surface area contributed by atoms with E-state index in [4.69, 9.17) is 4.98 Å². The molecule has 0 saturated heterocycles. The van der Waals surface area contributed by atoms with E-state index in [0.29, 0.717) is 11.8 Å². The van der Waals surface area contributed by atoms with Crippen LogP contribution >= 0.6 is 0 Å². The lowest BCUT2D eigenvalue weighted by Gasteiger charge is -2.45. The molecule has 0 spiro atoms. The number of anilines is 4. The summed E-state index contributed by atoms with van der Waals surface area (Å²) >= 11 is 0. The lowest BCUT2D eigenvalue weighted by molar-refractivity contribution is 0.409. The number of aryl methyl sites for hydroxylation is 1. The molecule has 27 heavy (non-hydrogen) atoms. The molecule has 2 aliphatic heterocycles. The van der Waals surface area contributed by atoms with Crippen molar-refractivity contribution in [1.82, 2.24) is 4.98 Å². The molecule has 0 aliphatic carbocycles. The smallest absolute Gasteiger partial charge is 0.158 e. The molecule has 3 nitrogen and oxygen atoms in total. The molecule has 3 unspecified atom stereocenters. The molecule has 1 aromatic heterocycles. The normalized spacial score (nSPS) is 22.8. The summed E-state index contributed by atoms with van der Waals surface area (Å²) in [4.78, 5) is 9.68. The largest absolute Gasteiger partial charge is 0.316 e. The molecule has 0 N–H and O–H groups in total. The van der Waals surface area contributed by atoms with Crippen LogP contribution in [0, 0.1) is 12.8 Å². The van der Waals surface area contributed by atoms with E-state index < -0.39 is 0 Å². The lowest BCUT2D eigenvalue weighted by Crippen LogP contribution is -2.48. The summed E-state index contributed by atoms with van der Waals surface area (Å²) in [5.41, 5.74) is 6.26. The highest BCUT2D eigenvalue weighted by Gasteiger charge is 2.48. The molecule has 2 aromatic carbocycles. The molecule has 0 radical (unpaired) electrons. The third-order valence-electron chi connectivity index (χ3n) is 6.00. The topological polar surface area (TPSA) is 19.4 Å². The standard InChI is InChI=1S/C24H23N3/c1-4-18-17(3)24-26(21-13-8-6-11-19(18)21)22-14-9-15-25-23(22)27(24)20-12-7-5-10-16(20)2/h4-15,17-18,24H,1H2,2-3H3. The fourth-order valence-electron chi connectivity index (χ4n) is 4.78. The highest BCUT2D eigenvalue weighted by Crippen LogP contribution is 2.55. The lowest BCUT2D eigenvalue weighted by atomic mass is 9.80. The molecule has 2 aliphatic rings. The molecule has 3 heterocycles. The van der Waals surface area contributed by atoms with Gasteiger partial charge in [-0.1, -0.05) is 49.4 Å². The van der Waals surface area contributed by atoms with Crippen LogP contribution in [-0.4, -0.2) is 11.1 Å². The second kappa shape index (κ2) is 5.98. The van der Waals surface area contributed by atoms with Gasteiger partial charge in [-0.05, 0) is 42.3 Å². The number of benzene rings is 2. The molecule has 134 valence electrons. The Labute approximate surface area is 160 Å². The number of nitrogens with zero attached hydrogens (tertiary/aromatic N) is 3. The number of hydrogen-bond acceptors (Lipinski definition) is 3. The van der Waals surface area contributed by atoms with E-state index in [-0.39, 0.29) is 6.17 Å². The van der Waals surface area contributed by atoms with Gasteiger partial charge in [0.1, 0.15) is 6.17 Å². The van der Waals surface area contributed by atoms with Crippen molar-refractivity contribution in [2.75, 3.05) is 9.80 Å². The van der Waals surface area contributed by atoms with Gasteiger partial charge in [0.25, 0.3) is 0 Å². The van der Waals surface area contributed by atoms with Crippen molar-refractivity contribution in [2.45, 2.75) is 25.9 Å². The molecular formula is C24H23N3. The van der Waals surface area contributed by atoms with Gasteiger partial charge in [0.2, 0.25) is 0 Å². The number of hydrogen-bond donors (Lipinski definition) is 0. The highest BCUT2D eigenvalue weighted by atomic mass is 15.5. The number of para-hydroxylation sites is 2. The molecule has 0 fully saturated rings. The van der Waals surface area contributed by atoms with Gasteiger partial charge >= 0.3 is 0 Å². The minimum atomic E-state index is 0.175. The summed E-state index contributed by atoms with van der Waals surface area (Å²) in [5, 5.41) is 0. The van der Waals surface area contributed by atoms with Crippen molar-refractivity contribution >= 4 is 22.9 Å². The van der Waals surface area contributed by atoms with Crippen molar-refractivity contribution in [3.63, 3.8) is 0 Å². The summed E-state index contributed by atoms with van der Waals surface area (Å²) in [6.45, 7) is 8.66. The van der Waals surface area contributed by atoms with Crippen molar-refractivity contribution in [2.24, 2.45) is 5.92 Å². The Morgan fingerprint density at radius 1 is 0.889 bits per heavy atom. The van der Waals surface area contributed by atoms with E-state index in [9.17, 15) is 0 Å². The molecular weight excluding hydrogens is 330 g/mol. The van der Waals surface area contributed by atoms with Gasteiger partial charge < -0.3 is 9.80 Å². The second-order valence-corrected chi connectivity index (χ2v) is 7.47. The first-order valence-corrected chi connectivity index (χ1v) is 9.53. The average Bonchev–Trinajstić information content (AvgIpc) is 3.05. The molecule has 0 amide bonds. The average molecular weight is 353 g/mol. The highest BCUT2D eigenvalue weighted by molar-refractivity contribution is 5.88. The zero-order valence-electron chi connectivity index (χ0n) is 15.7. The van der Waals surface area contributed by atoms with Gasteiger partial charge in [-0.3, -0.25) is 0 Å². The summed E-state index contributed by atoms with van der Waals surface area (Å²) < 4.78 is 0. The fourth-order valence-corrected chi connectivity index (χ4v) is 4.78. The number of aromatic nitrogens is 1. The van der Waals surface area contributed by atoms with Crippen LogP contribution in [0.15, 0.2) is 79.5 Å². The first-order chi connectivity index (χ1) is 13.2. The van der Waals surface area contributed by atoms with Crippen LogP contribution in [0.4, 0.5) is 22.9 Å². The summed E-state index contributed by atoms with van der Waals surface area (Å²) in [6.07, 6.45) is 4.17. The van der Waals surface area contributed by atoms with E-state index in [1.54, 1.807) is 0 Å². The Hall–Kier alpha value is -3.07. The maximum absolute atomic E-state index is 4.80. The predicted molar refractivity (Wildman–Crippen MR) is 112 cm³/mol. The first-order valence-electron chi connectivity index (χ1n) is 9.53. The van der Waals surface area contributed by atoms with Gasteiger partial charge in [-0.25, -0.2) is 4.98 Å². The minimum Gasteiger partial charge on any atom is -0.316 e. The van der Waals surface area contributed by atoms with Gasteiger partial charge in [0.05, 0.1) is 5.69 Å². The summed E-state index contributed by atoms with van der Waals surface area (Å²) in [7, 11) is 0. The van der Waals surface area contributed by atoms with Crippen LogP contribution < -0.4 is 9.80 Å². The van der Waals surface area contributed by atoms with Gasteiger partial charge in [-0.2, -0.15) is 0 Å². The molecule has 3 atom stereocenters. The van der Waals surface area contributed by atoms with Crippen LogP contribution in [-0.2, 0) is 0 Å². The number of fused-ring (bicyclic) bond motifs is 5. The Balaban J connectivity index is 1.79. The third kappa shape index (κ3) is 2.18. The Bertz CT molecular complexity index is 1030. The Morgan fingerprint density at radius 2 is 1.59 bits per heavy atom. The van der Waals surface area contributed by atoms with E-state index in [1.165, 1.54) is 28.2 Å². The van der Waals surface area contributed by atoms with Crippen LogP contribution in [0.25, 0.3) is 0 Å². The number of pyridine rings is 1. The van der Waals surface area contributed by atoms with Crippen LogP contribution in [0.3, 0.4) is 0 Å². The van der Waals surface area contributed by atoms with Crippen molar-refractivity contribution in [1.29, 1.82) is 0 Å². The number of rotatable bonds is 2. The number of allylic oxidation sites excluding steroid dienone is 1. The summed E-state index contributed by atoms with van der Waals surface area (Å²) in [6, 6.07) is 21.5. The minimum absolute atomic E-state index is 0.175. The fraction of sp³-hybridized carbons (Fsp3) is 0.208. The maximum Gasteiger partial charge on any atom is 0.158 e. The molecule has 0 saturated carbocycles. The van der Waals surface area contributed by atoms with Crippen molar-refractivity contribution in [3.05, 3.63) is 90.6 Å². The van der Waals surface area contributed by atoms with Crippen LogP contribution in [0.5, 0.6) is 0 Å². The quantitative estimate of drug-likeness (QED) is 0.533. The van der Waals surface area contributed by atoms with Crippen molar-refractivity contribution < 1.29 is 0 Å². The van der Waals surface area contributed by atoms with Gasteiger partial charge in [0.15, 0.2) is 5.82 Å². The zero-order valence-corrected chi connectivity index (χ0v) is 15.7. The first kappa shape index (κ1) is 16.1. The predicted octanol–water partition coefficient (Wildman–Crippen LogP) is 5.93. The van der Waals surface area contributed by atoms with E-state index >= 15 is 0 Å². The SMILES string of the molecule is C=CC1c2ccccc2N2c3cccnc3N(c3ccccc3C)C2C1C. The van der Waals surface area contributed by atoms with Gasteiger partial charge in [-0.15, -0.1) is 6.58 Å². The molecule has 0 bridgehead atoms. The van der Waals surface area contributed by atoms with Gasteiger partial charge in [0, 0.05) is 29.4 Å². The molecule has 3 aromatic rings. The Morgan fingerprint density at radius 3 is 2.37 bits per heavy atom. The van der Waals surface area contributed by atoms with E-state index in [1.807, 2.05) is 12.3 Å². The van der Waals surface area contributed by atoms with Crippen LogP contribution in [0.1, 0.15) is 24.0 Å². The van der Waals surface area contributed by atoms with E-state index in [0.717, 1.165) is 5.82 Å². The van der Waals surface area contributed by atoms with E-state index in [2.05, 4.69) is 90.9 Å². The Kier molecular flexibility index (Phi) is 3.57. The monoisotopic (exact) mass is 353 g/mol.